The van der Waals surface area contributed by atoms with Crippen LogP contribution in [-0.2, 0) is 36.7 Å². The Bertz CT molecular complexity index is 328. The van der Waals surface area contributed by atoms with Gasteiger partial charge in [0.2, 0.25) is 0 Å². The van der Waals surface area contributed by atoms with E-state index < -0.39 is 34.2 Å². The van der Waals surface area contributed by atoms with E-state index in [2.05, 4.69) is 27.7 Å². The Kier molecular flexibility index (Phi) is 21.1. The zero-order chi connectivity index (χ0) is 25.0. The second-order valence-electron chi connectivity index (χ2n) is 7.67. The van der Waals surface area contributed by atoms with Crippen molar-refractivity contribution in [1.82, 2.24) is 0 Å². The summed E-state index contributed by atoms with van der Waals surface area (Å²) in [7, 11) is -3.85. The van der Waals surface area contributed by atoms with Crippen LogP contribution in [0.4, 0.5) is 0 Å². The number of hydrogen-bond acceptors (Lipinski definition) is 8. The zero-order valence-electron chi connectivity index (χ0n) is 22.6. The molecule has 0 saturated heterocycles. The van der Waals surface area contributed by atoms with Gasteiger partial charge >= 0.3 is 9.05 Å². The Morgan fingerprint density at radius 2 is 0.606 bits per heavy atom. The molecule has 8 nitrogen and oxygen atoms in total. The largest absolute Gasteiger partial charge is 0.687 e. The molecule has 0 aliphatic carbocycles. The van der Waals surface area contributed by atoms with Crippen LogP contribution in [-0.4, -0.2) is 60.6 Å². The Hall–Kier alpha value is -0.103. The molecule has 4 unspecified atom stereocenters. The third kappa shape index (κ3) is 14.8. The molecular weight excluding hydrogens is 444 g/mol. The van der Waals surface area contributed by atoms with E-state index in [0.717, 1.165) is 25.7 Å². The first-order valence-electron chi connectivity index (χ1n) is 13.1. The van der Waals surface area contributed by atoms with Crippen molar-refractivity contribution in [2.24, 2.45) is 0 Å². The molecule has 0 saturated carbocycles. The minimum atomic E-state index is -3.85. The molecule has 0 heterocycles. The van der Waals surface area contributed by atoms with Crippen molar-refractivity contribution < 1.29 is 36.7 Å². The third-order valence-corrected chi connectivity index (χ3v) is 6.82. The molecule has 0 aliphatic heterocycles. The highest BCUT2D eigenvalue weighted by atomic mass is 28.4. The predicted molar refractivity (Wildman–Crippen MR) is 131 cm³/mol. The van der Waals surface area contributed by atoms with Crippen molar-refractivity contribution in [3.63, 3.8) is 0 Å². The molecular formula is C24H52O8Si. The topological polar surface area (TPSA) is 73.8 Å². The van der Waals surface area contributed by atoms with Crippen molar-refractivity contribution >= 4 is 9.05 Å². The fraction of sp³-hybridized carbons (Fsp3) is 1.00. The summed E-state index contributed by atoms with van der Waals surface area (Å²) in [6.45, 7) is 18.1. The molecule has 0 aromatic heterocycles. The average molecular weight is 497 g/mol. The van der Waals surface area contributed by atoms with Gasteiger partial charge in [-0.15, -0.1) is 0 Å². The first-order valence-corrected chi connectivity index (χ1v) is 14.8. The minimum absolute atomic E-state index is 0.507. The SMILES string of the molecule is CCCC(OCC)O[Si](OC(CCC)OCC)(OC(CCC)OCC)OC(CCC)OCC. The second kappa shape index (κ2) is 21.2. The summed E-state index contributed by atoms with van der Waals surface area (Å²) in [4.78, 5) is 0. The fourth-order valence-electron chi connectivity index (χ4n) is 3.20. The van der Waals surface area contributed by atoms with Gasteiger partial charge in [0, 0.05) is 26.4 Å². The van der Waals surface area contributed by atoms with Gasteiger partial charge < -0.3 is 36.7 Å². The first kappa shape index (κ1) is 32.9. The third-order valence-electron chi connectivity index (χ3n) is 4.61. The summed E-state index contributed by atoms with van der Waals surface area (Å²) < 4.78 is 49.6. The first-order chi connectivity index (χ1) is 16.0. The maximum Gasteiger partial charge on any atom is 0.687 e. The van der Waals surface area contributed by atoms with Crippen molar-refractivity contribution in [2.45, 2.75) is 132 Å². The summed E-state index contributed by atoms with van der Waals surface area (Å²) in [5.74, 6) is 0. The quantitative estimate of drug-likeness (QED) is 0.117. The van der Waals surface area contributed by atoms with E-state index in [1.54, 1.807) is 0 Å². The molecule has 4 atom stereocenters. The molecule has 0 N–H and O–H groups in total. The summed E-state index contributed by atoms with van der Waals surface area (Å²) in [5, 5.41) is 0. The maximum absolute atomic E-state index is 6.50. The van der Waals surface area contributed by atoms with Crippen molar-refractivity contribution in [3.8, 4) is 0 Å². The Morgan fingerprint density at radius 3 is 0.758 bits per heavy atom. The van der Waals surface area contributed by atoms with Crippen LogP contribution in [0.3, 0.4) is 0 Å². The lowest BCUT2D eigenvalue weighted by Gasteiger charge is -2.38. The Labute approximate surface area is 204 Å². The van der Waals surface area contributed by atoms with Crippen molar-refractivity contribution in [1.29, 1.82) is 0 Å². The smallest absolute Gasteiger partial charge is 0.354 e. The standard InChI is InChI=1S/C24H52O8Si/c1-9-17-21(25-13-5)29-33(30-22(18-10-2)26-14-6,31-23(19-11-3)27-15-7)32-24(20-12-4)28-16-8/h21-24H,9-20H2,1-8H3. The van der Waals surface area contributed by atoms with Crippen LogP contribution in [0.25, 0.3) is 0 Å². The van der Waals surface area contributed by atoms with Gasteiger partial charge in [0.25, 0.3) is 0 Å². The van der Waals surface area contributed by atoms with Crippen molar-refractivity contribution in [3.05, 3.63) is 0 Å². The normalized spacial score (nSPS) is 17.5. The molecule has 0 rings (SSSR count). The number of hydrogen-bond donors (Lipinski definition) is 0. The van der Waals surface area contributed by atoms with Gasteiger partial charge in [-0.2, -0.15) is 0 Å². The van der Waals surface area contributed by atoms with Crippen LogP contribution < -0.4 is 0 Å². The van der Waals surface area contributed by atoms with Gasteiger partial charge in [0.05, 0.1) is 0 Å². The van der Waals surface area contributed by atoms with Gasteiger partial charge in [0.15, 0.2) is 25.2 Å². The molecule has 33 heavy (non-hydrogen) atoms. The lowest BCUT2D eigenvalue weighted by molar-refractivity contribution is -0.245. The zero-order valence-corrected chi connectivity index (χ0v) is 23.6. The molecule has 0 bridgehead atoms. The van der Waals surface area contributed by atoms with Gasteiger partial charge in [-0.05, 0) is 53.4 Å². The molecule has 0 fully saturated rings. The molecule has 0 amide bonds. The summed E-state index contributed by atoms with van der Waals surface area (Å²) in [6, 6.07) is 0. The van der Waals surface area contributed by atoms with Crippen LogP contribution in [0.15, 0.2) is 0 Å². The fourth-order valence-corrected chi connectivity index (χ4v) is 5.57. The van der Waals surface area contributed by atoms with Crippen LogP contribution in [0, 0.1) is 0 Å². The minimum Gasteiger partial charge on any atom is -0.354 e. The maximum atomic E-state index is 6.50. The highest BCUT2D eigenvalue weighted by molar-refractivity contribution is 6.53. The lowest BCUT2D eigenvalue weighted by Crippen LogP contribution is -2.58. The highest BCUT2D eigenvalue weighted by Crippen LogP contribution is 2.27. The number of rotatable bonds is 24. The molecule has 0 spiro atoms. The van der Waals surface area contributed by atoms with Crippen LogP contribution in [0.1, 0.15) is 107 Å². The molecule has 0 radical (unpaired) electrons. The molecule has 0 aromatic rings. The van der Waals surface area contributed by atoms with Crippen molar-refractivity contribution in [2.75, 3.05) is 26.4 Å². The van der Waals surface area contributed by atoms with Gasteiger partial charge in [-0.1, -0.05) is 53.4 Å². The van der Waals surface area contributed by atoms with E-state index in [4.69, 9.17) is 36.7 Å². The van der Waals surface area contributed by atoms with E-state index in [1.165, 1.54) is 0 Å². The molecule has 0 aliphatic rings. The van der Waals surface area contributed by atoms with Gasteiger partial charge in [-0.25, -0.2) is 0 Å². The van der Waals surface area contributed by atoms with E-state index >= 15 is 0 Å². The van der Waals surface area contributed by atoms with Crippen LogP contribution in [0.2, 0.25) is 0 Å². The van der Waals surface area contributed by atoms with Gasteiger partial charge in [-0.3, -0.25) is 0 Å². The van der Waals surface area contributed by atoms with Crippen LogP contribution in [0.5, 0.6) is 0 Å². The Balaban J connectivity index is 6.26. The Morgan fingerprint density at radius 1 is 0.394 bits per heavy atom. The lowest BCUT2D eigenvalue weighted by atomic mass is 10.3. The molecule has 0 aromatic carbocycles. The van der Waals surface area contributed by atoms with E-state index in [9.17, 15) is 0 Å². The second-order valence-corrected chi connectivity index (χ2v) is 9.61. The molecule has 200 valence electrons. The summed E-state index contributed by atoms with van der Waals surface area (Å²) in [5.41, 5.74) is 0. The summed E-state index contributed by atoms with van der Waals surface area (Å²) >= 11 is 0. The van der Waals surface area contributed by atoms with Gasteiger partial charge in [0.1, 0.15) is 0 Å². The summed E-state index contributed by atoms with van der Waals surface area (Å²) in [6.07, 6.45) is 4.17. The monoisotopic (exact) mass is 496 g/mol. The van der Waals surface area contributed by atoms with Crippen LogP contribution >= 0.6 is 0 Å². The highest BCUT2D eigenvalue weighted by Gasteiger charge is 2.54. The predicted octanol–water partition coefficient (Wildman–Crippen LogP) is 6.14. The number of ether oxygens (including phenoxy) is 4. The van der Waals surface area contributed by atoms with E-state index in [1.807, 2.05) is 27.7 Å². The molecule has 9 heteroatoms. The van der Waals surface area contributed by atoms with E-state index in [0.29, 0.717) is 52.1 Å². The van der Waals surface area contributed by atoms with E-state index in [-0.39, 0.29) is 0 Å². The average Bonchev–Trinajstić information content (AvgIpc) is 2.75.